The minimum absolute atomic E-state index is 0.0279. The average molecular weight is 585 g/mol. The number of hydrogen-bond acceptors (Lipinski definition) is 9. The fourth-order valence-corrected chi connectivity index (χ4v) is 4.04. The Balaban J connectivity index is 1.56. The third kappa shape index (κ3) is 6.27. The molecule has 182 valence electrons. The lowest BCUT2D eigenvalue weighted by molar-refractivity contribution is -0.143. The molecule has 9 N–H and O–H groups in total. The Morgan fingerprint density at radius 1 is 1.21 bits per heavy atom. The van der Waals surface area contributed by atoms with Crippen LogP contribution in [0.2, 0.25) is 0 Å². The number of benzene rings is 1. The van der Waals surface area contributed by atoms with Crippen molar-refractivity contribution >= 4 is 63.6 Å². The standard InChI is InChI=1S/C20H24IN7O6/c21-6-10(18(31)32)5-13(19(33)34)26-16(29)9-1-3-11(4-2-9)23-7-12-8-24-15-14(25-12)17(30)28-20(22)27-15/h1-4,10,12-13,23,25H,5-8H2,(H,26,29)(H,31,32)(H,33,34)(H4,22,24,27,28,30)/t10?,12?,13-/m0/s1. The number of anilines is 4. The molecular formula is C20H24IN7O6. The largest absolute Gasteiger partial charge is 0.481 e. The van der Waals surface area contributed by atoms with Gasteiger partial charge in [-0.15, -0.1) is 0 Å². The molecule has 14 heteroatoms. The predicted octanol–water partition coefficient (Wildman–Crippen LogP) is 0.379. The second-order valence-electron chi connectivity index (χ2n) is 7.64. The predicted molar refractivity (Wildman–Crippen MR) is 134 cm³/mol. The number of amides is 1. The lowest BCUT2D eigenvalue weighted by Crippen LogP contribution is -2.43. The van der Waals surface area contributed by atoms with Crippen molar-refractivity contribution in [1.29, 1.82) is 0 Å². The van der Waals surface area contributed by atoms with E-state index in [-0.39, 0.29) is 34.0 Å². The molecule has 0 aliphatic carbocycles. The Kier molecular flexibility index (Phi) is 8.14. The fourth-order valence-electron chi connectivity index (χ4n) is 3.31. The van der Waals surface area contributed by atoms with Crippen LogP contribution in [0.25, 0.3) is 0 Å². The Bertz CT molecular complexity index is 1120. The molecule has 0 spiro atoms. The third-order valence-electron chi connectivity index (χ3n) is 5.16. The van der Waals surface area contributed by atoms with Crippen LogP contribution in [0.1, 0.15) is 16.8 Å². The number of nitrogens with one attached hydrogen (secondary N) is 5. The Labute approximate surface area is 207 Å². The second kappa shape index (κ2) is 11.0. The molecule has 3 atom stereocenters. The van der Waals surface area contributed by atoms with E-state index >= 15 is 0 Å². The third-order valence-corrected chi connectivity index (χ3v) is 6.22. The van der Waals surface area contributed by atoms with E-state index in [4.69, 9.17) is 10.8 Å². The molecule has 2 unspecified atom stereocenters. The molecule has 2 heterocycles. The smallest absolute Gasteiger partial charge is 0.326 e. The lowest BCUT2D eigenvalue weighted by atomic mass is 10.0. The quantitative estimate of drug-likeness (QED) is 0.141. The summed E-state index contributed by atoms with van der Waals surface area (Å²) >= 11 is 1.87. The molecule has 1 aliphatic heterocycles. The summed E-state index contributed by atoms with van der Waals surface area (Å²) in [5.74, 6) is -3.48. The molecule has 0 fully saturated rings. The number of H-pyrrole nitrogens is 1. The van der Waals surface area contributed by atoms with Crippen LogP contribution in [0.3, 0.4) is 0 Å². The van der Waals surface area contributed by atoms with Crippen molar-refractivity contribution in [2.75, 3.05) is 39.2 Å². The first-order chi connectivity index (χ1) is 16.2. The highest BCUT2D eigenvalue weighted by Gasteiger charge is 2.28. The van der Waals surface area contributed by atoms with E-state index in [2.05, 4.69) is 31.2 Å². The van der Waals surface area contributed by atoms with Gasteiger partial charge in [-0.3, -0.25) is 19.4 Å². The molecule has 0 radical (unpaired) electrons. The van der Waals surface area contributed by atoms with Crippen molar-refractivity contribution in [3.05, 3.63) is 40.2 Å². The zero-order valence-electron chi connectivity index (χ0n) is 17.8. The average Bonchev–Trinajstić information content (AvgIpc) is 2.80. The van der Waals surface area contributed by atoms with E-state index in [0.29, 0.717) is 30.3 Å². The van der Waals surface area contributed by atoms with Crippen LogP contribution < -0.4 is 32.6 Å². The van der Waals surface area contributed by atoms with Crippen molar-refractivity contribution < 1.29 is 24.6 Å². The summed E-state index contributed by atoms with van der Waals surface area (Å²) in [7, 11) is 0. The van der Waals surface area contributed by atoms with Crippen LogP contribution in [-0.4, -0.2) is 67.6 Å². The Morgan fingerprint density at radius 2 is 1.91 bits per heavy atom. The fraction of sp³-hybridized carbons (Fsp3) is 0.350. The number of carbonyl (C=O) groups is 3. The number of carboxylic acid groups (broad SMARTS) is 2. The second-order valence-corrected chi connectivity index (χ2v) is 8.53. The monoisotopic (exact) mass is 585 g/mol. The topological polar surface area (TPSA) is 212 Å². The number of carbonyl (C=O) groups excluding carboxylic acids is 1. The van der Waals surface area contributed by atoms with Gasteiger partial charge in [0.05, 0.1) is 12.0 Å². The summed E-state index contributed by atoms with van der Waals surface area (Å²) in [5.41, 5.74) is 6.41. The normalized spacial score (nSPS) is 16.2. The number of nitrogens with two attached hydrogens (primary N) is 1. The molecule has 34 heavy (non-hydrogen) atoms. The van der Waals surface area contributed by atoms with E-state index in [9.17, 15) is 24.3 Å². The summed E-state index contributed by atoms with van der Waals surface area (Å²) in [6.45, 7) is 0.956. The van der Waals surface area contributed by atoms with Crippen molar-refractivity contribution in [3.8, 4) is 0 Å². The van der Waals surface area contributed by atoms with Gasteiger partial charge in [0.15, 0.2) is 5.82 Å². The summed E-state index contributed by atoms with van der Waals surface area (Å²) in [6.07, 6.45) is -0.213. The highest BCUT2D eigenvalue weighted by Crippen LogP contribution is 2.20. The van der Waals surface area contributed by atoms with Gasteiger partial charge in [-0.05, 0) is 30.7 Å². The van der Waals surface area contributed by atoms with Gasteiger partial charge in [0.2, 0.25) is 5.95 Å². The highest BCUT2D eigenvalue weighted by molar-refractivity contribution is 14.1. The number of hydrogen-bond donors (Lipinski definition) is 8. The number of rotatable bonds is 10. The zero-order valence-corrected chi connectivity index (χ0v) is 20.0. The molecule has 0 saturated carbocycles. The molecule has 0 saturated heterocycles. The van der Waals surface area contributed by atoms with E-state index in [0.717, 1.165) is 0 Å². The number of aliphatic carboxylic acids is 2. The molecular weight excluding hydrogens is 561 g/mol. The SMILES string of the molecule is Nc1nc2c(c(=O)[nH]1)NC(CNc1ccc(C(=O)N[C@@H](CC(CI)C(=O)O)C(=O)O)cc1)CN2. The summed E-state index contributed by atoms with van der Waals surface area (Å²) in [5, 5.41) is 30.3. The van der Waals surface area contributed by atoms with Crippen molar-refractivity contribution in [3.63, 3.8) is 0 Å². The first-order valence-corrected chi connectivity index (χ1v) is 11.8. The summed E-state index contributed by atoms with van der Waals surface area (Å²) < 4.78 is 0.225. The van der Waals surface area contributed by atoms with Crippen molar-refractivity contribution in [1.82, 2.24) is 15.3 Å². The van der Waals surface area contributed by atoms with Crippen LogP contribution in [0, 0.1) is 5.92 Å². The van der Waals surface area contributed by atoms with Gasteiger partial charge in [-0.2, -0.15) is 4.98 Å². The van der Waals surface area contributed by atoms with Crippen LogP contribution in [-0.2, 0) is 9.59 Å². The maximum Gasteiger partial charge on any atom is 0.326 e. The van der Waals surface area contributed by atoms with Crippen LogP contribution in [0.5, 0.6) is 0 Å². The lowest BCUT2D eigenvalue weighted by Gasteiger charge is -2.27. The number of fused-ring (bicyclic) bond motifs is 1. The van der Waals surface area contributed by atoms with E-state index in [1.165, 1.54) is 12.1 Å². The molecule has 0 bridgehead atoms. The molecule has 2 aromatic rings. The number of nitrogen functional groups attached to an aromatic ring is 1. The molecule has 1 amide bonds. The Morgan fingerprint density at radius 3 is 2.53 bits per heavy atom. The molecule has 3 rings (SSSR count). The van der Waals surface area contributed by atoms with Gasteiger partial charge in [-0.1, -0.05) is 22.6 Å². The first kappa shape index (κ1) is 25.1. The summed E-state index contributed by atoms with van der Waals surface area (Å²) in [6, 6.07) is 4.94. The molecule has 13 nitrogen and oxygen atoms in total. The number of halogens is 1. The maximum absolute atomic E-state index is 12.5. The van der Waals surface area contributed by atoms with Gasteiger partial charge in [-0.25, -0.2) is 4.79 Å². The van der Waals surface area contributed by atoms with Crippen LogP contribution in [0.4, 0.5) is 23.1 Å². The minimum atomic E-state index is -1.32. The number of aromatic amines is 1. The van der Waals surface area contributed by atoms with Crippen molar-refractivity contribution in [2.45, 2.75) is 18.5 Å². The van der Waals surface area contributed by atoms with Crippen molar-refractivity contribution in [2.24, 2.45) is 5.92 Å². The maximum atomic E-state index is 12.5. The van der Waals surface area contributed by atoms with Gasteiger partial charge in [0, 0.05) is 28.8 Å². The number of nitrogens with zero attached hydrogens (tertiary/aromatic N) is 1. The zero-order chi connectivity index (χ0) is 24.8. The van der Waals surface area contributed by atoms with E-state index in [1.54, 1.807) is 12.1 Å². The first-order valence-electron chi connectivity index (χ1n) is 10.2. The minimum Gasteiger partial charge on any atom is -0.481 e. The molecule has 1 aliphatic rings. The Hall–Kier alpha value is -3.56. The number of carboxylic acids is 2. The molecule has 1 aromatic heterocycles. The highest BCUT2D eigenvalue weighted by atomic mass is 127. The summed E-state index contributed by atoms with van der Waals surface area (Å²) in [4.78, 5) is 53.7. The number of aromatic nitrogens is 2. The van der Waals surface area contributed by atoms with Gasteiger partial charge in [0.25, 0.3) is 11.5 Å². The van der Waals surface area contributed by atoms with Gasteiger partial charge < -0.3 is 37.2 Å². The van der Waals surface area contributed by atoms with Crippen LogP contribution >= 0.6 is 22.6 Å². The number of alkyl halides is 1. The van der Waals surface area contributed by atoms with E-state index < -0.39 is 29.8 Å². The van der Waals surface area contributed by atoms with Gasteiger partial charge >= 0.3 is 11.9 Å². The van der Waals surface area contributed by atoms with E-state index in [1.807, 2.05) is 22.6 Å². The molecule has 1 aromatic carbocycles. The van der Waals surface area contributed by atoms with Crippen LogP contribution in [0.15, 0.2) is 29.1 Å². The van der Waals surface area contributed by atoms with Gasteiger partial charge in [0.1, 0.15) is 11.7 Å².